The molecule has 0 atom stereocenters. The highest BCUT2D eigenvalue weighted by Crippen LogP contribution is 2.22. The van der Waals surface area contributed by atoms with Gasteiger partial charge in [0.25, 0.3) is 10.0 Å². The number of nitrogens with zero attached hydrogens (tertiary/aromatic N) is 2. The number of aryl methyl sites for hydroxylation is 1. The molecule has 0 bridgehead atoms. The van der Waals surface area contributed by atoms with E-state index in [1.807, 2.05) is 6.92 Å². The second-order valence-electron chi connectivity index (χ2n) is 4.97. The summed E-state index contributed by atoms with van der Waals surface area (Å²) in [4.78, 5) is 1.28. The van der Waals surface area contributed by atoms with E-state index < -0.39 is 10.0 Å². The van der Waals surface area contributed by atoms with Crippen LogP contribution in [0.3, 0.4) is 0 Å². The van der Waals surface area contributed by atoms with Gasteiger partial charge in [-0.3, -0.25) is 9.40 Å². The minimum Gasteiger partial charge on any atom is -0.310 e. The summed E-state index contributed by atoms with van der Waals surface area (Å²) >= 11 is 1.44. The van der Waals surface area contributed by atoms with Crippen molar-refractivity contribution >= 4 is 27.0 Å². The van der Waals surface area contributed by atoms with Crippen LogP contribution in [-0.4, -0.2) is 24.2 Å². The smallest absolute Gasteiger partial charge is 0.262 e. The first-order valence-electron chi connectivity index (χ1n) is 6.76. The second kappa shape index (κ2) is 6.59. The van der Waals surface area contributed by atoms with Gasteiger partial charge in [-0.05, 0) is 13.0 Å². The van der Waals surface area contributed by atoms with E-state index in [1.165, 1.54) is 17.5 Å². The van der Waals surface area contributed by atoms with E-state index >= 15 is 0 Å². The fourth-order valence-electron chi connectivity index (χ4n) is 1.70. The summed E-state index contributed by atoms with van der Waals surface area (Å²) in [6, 6.07) is 2.07. The molecule has 0 unspecified atom stereocenters. The van der Waals surface area contributed by atoms with Gasteiger partial charge in [-0.2, -0.15) is 5.10 Å². The molecule has 0 saturated heterocycles. The average molecular weight is 328 g/mol. The number of aromatic nitrogens is 2. The lowest BCUT2D eigenvalue weighted by Gasteiger charge is -2.05. The van der Waals surface area contributed by atoms with Gasteiger partial charge in [-0.1, -0.05) is 13.8 Å². The number of rotatable bonds is 7. The monoisotopic (exact) mass is 328 g/mol. The minimum absolute atomic E-state index is 0.289. The van der Waals surface area contributed by atoms with Gasteiger partial charge >= 0.3 is 0 Å². The summed E-state index contributed by atoms with van der Waals surface area (Å²) < 4.78 is 28.8. The summed E-state index contributed by atoms with van der Waals surface area (Å²) in [7, 11) is -3.55. The van der Waals surface area contributed by atoms with Gasteiger partial charge in [-0.15, -0.1) is 11.3 Å². The average Bonchev–Trinajstić information content (AvgIpc) is 3.04. The summed E-state index contributed by atoms with van der Waals surface area (Å²) in [5.74, 6) is 0. The Balaban J connectivity index is 2.08. The summed E-state index contributed by atoms with van der Waals surface area (Å²) in [6.07, 6.45) is 3.18. The molecule has 2 N–H and O–H groups in total. The van der Waals surface area contributed by atoms with E-state index in [0.717, 1.165) is 4.88 Å². The van der Waals surface area contributed by atoms with Crippen LogP contribution in [0.4, 0.5) is 5.69 Å². The molecule has 0 radical (unpaired) electrons. The molecule has 2 heterocycles. The predicted molar refractivity (Wildman–Crippen MR) is 85.0 cm³/mol. The molecule has 0 aliphatic carbocycles. The molecule has 0 aromatic carbocycles. The summed E-state index contributed by atoms with van der Waals surface area (Å²) in [6.45, 7) is 7.42. The van der Waals surface area contributed by atoms with Gasteiger partial charge < -0.3 is 5.32 Å². The molecule has 0 aliphatic rings. The second-order valence-corrected chi connectivity index (χ2v) is 7.65. The Morgan fingerprint density at radius 1 is 1.43 bits per heavy atom. The molecule has 0 saturated carbocycles. The molecule has 8 heteroatoms. The van der Waals surface area contributed by atoms with Crippen molar-refractivity contribution in [2.45, 2.75) is 44.8 Å². The van der Waals surface area contributed by atoms with Crippen molar-refractivity contribution in [2.75, 3.05) is 4.72 Å². The van der Waals surface area contributed by atoms with Crippen molar-refractivity contribution < 1.29 is 8.42 Å². The number of nitrogens with one attached hydrogen (secondary N) is 2. The van der Waals surface area contributed by atoms with E-state index in [2.05, 4.69) is 29.0 Å². The molecule has 116 valence electrons. The third-order valence-electron chi connectivity index (χ3n) is 2.83. The van der Waals surface area contributed by atoms with Crippen molar-refractivity contribution in [3.63, 3.8) is 0 Å². The lowest BCUT2D eigenvalue weighted by molar-refractivity contribution is 0.592. The Morgan fingerprint density at radius 3 is 2.81 bits per heavy atom. The van der Waals surface area contributed by atoms with Gasteiger partial charge in [-0.25, -0.2) is 8.42 Å². The van der Waals surface area contributed by atoms with Gasteiger partial charge in [0.05, 0.1) is 16.8 Å². The molecule has 2 aromatic rings. The van der Waals surface area contributed by atoms with Gasteiger partial charge in [0, 0.05) is 35.6 Å². The Bertz CT molecular complexity index is 689. The molecule has 21 heavy (non-hydrogen) atoms. The van der Waals surface area contributed by atoms with Gasteiger partial charge in [0.2, 0.25) is 0 Å². The topological polar surface area (TPSA) is 76.0 Å². The molecule has 6 nitrogen and oxygen atoms in total. The van der Waals surface area contributed by atoms with Gasteiger partial charge in [0.1, 0.15) is 0 Å². The zero-order valence-corrected chi connectivity index (χ0v) is 14.0. The molecule has 2 aromatic heterocycles. The van der Waals surface area contributed by atoms with Crippen LogP contribution in [-0.2, 0) is 23.1 Å². The molecule has 0 spiro atoms. The maximum atomic E-state index is 12.3. The maximum absolute atomic E-state index is 12.3. The third kappa shape index (κ3) is 4.29. The van der Waals surface area contributed by atoms with Crippen molar-refractivity contribution in [3.05, 3.63) is 28.7 Å². The van der Waals surface area contributed by atoms with Gasteiger partial charge in [0.15, 0.2) is 0 Å². The van der Waals surface area contributed by atoms with Crippen LogP contribution < -0.4 is 10.0 Å². The maximum Gasteiger partial charge on any atom is 0.262 e. The Kier molecular flexibility index (Phi) is 5.02. The molecule has 0 fully saturated rings. The third-order valence-corrected chi connectivity index (χ3v) is 5.28. The fourth-order valence-corrected chi connectivity index (χ4v) is 3.96. The van der Waals surface area contributed by atoms with Crippen molar-refractivity contribution in [1.29, 1.82) is 0 Å². The molecular formula is C13H20N4O2S2. The lowest BCUT2D eigenvalue weighted by Crippen LogP contribution is -2.21. The number of anilines is 1. The zero-order valence-electron chi connectivity index (χ0n) is 12.3. The SMILES string of the molecule is CCn1cc(NS(=O)(=O)c2csc(CNC(C)C)c2)cn1. The first kappa shape index (κ1) is 16.0. The van der Waals surface area contributed by atoms with Crippen LogP contribution in [0.2, 0.25) is 0 Å². The van der Waals surface area contributed by atoms with Crippen LogP contribution in [0.1, 0.15) is 25.6 Å². The number of hydrogen-bond donors (Lipinski definition) is 2. The predicted octanol–water partition coefficient (Wildman–Crippen LogP) is 2.26. The highest BCUT2D eigenvalue weighted by Gasteiger charge is 2.17. The summed E-state index contributed by atoms with van der Waals surface area (Å²) in [5.41, 5.74) is 0.477. The molecular weight excluding hydrogens is 308 g/mol. The number of hydrogen-bond acceptors (Lipinski definition) is 5. The molecule has 0 aliphatic heterocycles. The lowest BCUT2D eigenvalue weighted by atomic mass is 10.4. The van der Waals surface area contributed by atoms with Crippen LogP contribution in [0, 0.1) is 0 Å². The van der Waals surface area contributed by atoms with E-state index in [0.29, 0.717) is 24.8 Å². The first-order valence-corrected chi connectivity index (χ1v) is 9.13. The number of sulfonamides is 1. The van der Waals surface area contributed by atoms with E-state index in [9.17, 15) is 8.42 Å². The zero-order chi connectivity index (χ0) is 15.5. The largest absolute Gasteiger partial charge is 0.310 e. The molecule has 0 amide bonds. The Hall–Kier alpha value is -1.38. The Morgan fingerprint density at radius 2 is 2.19 bits per heavy atom. The first-order chi connectivity index (χ1) is 9.90. The van der Waals surface area contributed by atoms with E-state index in [-0.39, 0.29) is 4.90 Å². The quantitative estimate of drug-likeness (QED) is 0.817. The van der Waals surface area contributed by atoms with Crippen LogP contribution in [0.5, 0.6) is 0 Å². The van der Waals surface area contributed by atoms with Crippen LogP contribution >= 0.6 is 11.3 Å². The fraction of sp³-hybridized carbons (Fsp3) is 0.462. The number of thiophene rings is 1. The standard InChI is InChI=1S/C13H20N4O2S2/c1-4-17-8-11(6-15-17)16-21(18,19)13-5-12(20-9-13)7-14-10(2)3/h5-6,8-10,14,16H,4,7H2,1-3H3. The van der Waals surface area contributed by atoms with Crippen LogP contribution in [0.15, 0.2) is 28.7 Å². The Labute approximate surface area is 129 Å². The highest BCUT2D eigenvalue weighted by molar-refractivity contribution is 7.92. The van der Waals surface area contributed by atoms with Crippen molar-refractivity contribution in [3.8, 4) is 0 Å². The normalized spacial score (nSPS) is 12.0. The van der Waals surface area contributed by atoms with Crippen molar-refractivity contribution in [1.82, 2.24) is 15.1 Å². The van der Waals surface area contributed by atoms with E-state index in [1.54, 1.807) is 22.3 Å². The van der Waals surface area contributed by atoms with E-state index in [4.69, 9.17) is 0 Å². The summed E-state index contributed by atoms with van der Waals surface area (Å²) in [5, 5.41) is 8.97. The van der Waals surface area contributed by atoms with Crippen molar-refractivity contribution in [2.24, 2.45) is 0 Å². The van der Waals surface area contributed by atoms with Crippen LogP contribution in [0.25, 0.3) is 0 Å². The highest BCUT2D eigenvalue weighted by atomic mass is 32.2. The minimum atomic E-state index is -3.55. The molecule has 2 rings (SSSR count).